The molecule has 0 atom stereocenters. The molecule has 0 bridgehead atoms. The molecular formula is C40H29N5O2. The van der Waals surface area contributed by atoms with E-state index < -0.39 is 0 Å². The molecule has 0 aliphatic carbocycles. The van der Waals surface area contributed by atoms with Gasteiger partial charge in [0.05, 0.1) is 22.4 Å². The zero-order chi connectivity index (χ0) is 31.7. The van der Waals surface area contributed by atoms with Gasteiger partial charge in [-0.25, -0.2) is 9.97 Å². The molecule has 0 fully saturated rings. The number of pyridine rings is 2. The Hall–Kier alpha value is -6.34. The van der Waals surface area contributed by atoms with Crippen molar-refractivity contribution < 1.29 is 9.47 Å². The maximum Gasteiger partial charge on any atom is 0.234 e. The Morgan fingerprint density at radius 1 is 0.447 bits per heavy atom. The van der Waals surface area contributed by atoms with E-state index in [2.05, 4.69) is 62.6 Å². The topological polar surface area (TPSA) is 75.0 Å². The molecule has 0 saturated heterocycles. The Bertz CT molecular complexity index is 2220. The summed E-state index contributed by atoms with van der Waals surface area (Å²) in [6, 6.07) is 38.2. The van der Waals surface area contributed by atoms with Gasteiger partial charge in [-0.15, -0.1) is 0 Å². The number of benzene rings is 4. The van der Waals surface area contributed by atoms with Gasteiger partial charge < -0.3 is 9.47 Å². The SMILES string of the molecule is Cc1cc(Oc2ccc3c4ccc(Oc5cc(C)cc(-c6ccccn6)c5)cc4n(-c4ncccn4)c3c2)cc(-c2ccccn2)c1. The summed E-state index contributed by atoms with van der Waals surface area (Å²) in [7, 11) is 0. The van der Waals surface area contributed by atoms with Crippen molar-refractivity contribution in [2.75, 3.05) is 0 Å². The first-order chi connectivity index (χ1) is 23.1. The highest BCUT2D eigenvalue weighted by atomic mass is 16.5. The Labute approximate surface area is 271 Å². The molecular weight excluding hydrogens is 582 g/mol. The molecule has 7 heteroatoms. The summed E-state index contributed by atoms with van der Waals surface area (Å²) in [6.07, 6.45) is 7.09. The van der Waals surface area contributed by atoms with Crippen molar-refractivity contribution >= 4 is 21.8 Å². The first-order valence-electron chi connectivity index (χ1n) is 15.3. The van der Waals surface area contributed by atoms with Gasteiger partial charge in [-0.1, -0.05) is 12.1 Å². The number of rotatable bonds is 7. The predicted octanol–water partition coefficient (Wildman–Crippen LogP) is 9.90. The van der Waals surface area contributed by atoms with Gasteiger partial charge in [-0.2, -0.15) is 0 Å². The third kappa shape index (κ3) is 5.66. The quantitative estimate of drug-likeness (QED) is 0.179. The van der Waals surface area contributed by atoms with Crippen LogP contribution in [0.1, 0.15) is 11.1 Å². The van der Waals surface area contributed by atoms with Gasteiger partial charge in [-0.05, 0) is 116 Å². The van der Waals surface area contributed by atoms with Gasteiger partial charge in [-0.3, -0.25) is 14.5 Å². The van der Waals surface area contributed by atoms with Crippen LogP contribution in [0.2, 0.25) is 0 Å². The average Bonchev–Trinajstić information content (AvgIpc) is 3.41. The van der Waals surface area contributed by atoms with Crippen LogP contribution < -0.4 is 9.47 Å². The van der Waals surface area contributed by atoms with Crippen LogP contribution in [0.3, 0.4) is 0 Å². The van der Waals surface area contributed by atoms with Crippen LogP contribution in [0.4, 0.5) is 0 Å². The molecule has 0 radical (unpaired) electrons. The highest BCUT2D eigenvalue weighted by Crippen LogP contribution is 2.38. The lowest BCUT2D eigenvalue weighted by molar-refractivity contribution is 0.483. The number of fused-ring (bicyclic) bond motifs is 3. The van der Waals surface area contributed by atoms with Gasteiger partial charge in [0, 0.05) is 58.8 Å². The number of nitrogens with zero attached hydrogens (tertiary/aromatic N) is 5. The Morgan fingerprint density at radius 2 is 0.936 bits per heavy atom. The molecule has 0 aliphatic rings. The van der Waals surface area contributed by atoms with Crippen LogP contribution in [0.5, 0.6) is 23.0 Å². The third-order valence-corrected chi connectivity index (χ3v) is 7.96. The van der Waals surface area contributed by atoms with E-state index in [0.717, 1.165) is 66.9 Å². The van der Waals surface area contributed by atoms with Crippen molar-refractivity contribution in [2.45, 2.75) is 13.8 Å². The Kier molecular flexibility index (Phi) is 7.11. The minimum absolute atomic E-state index is 0.558. The normalized spacial score (nSPS) is 11.2. The standard InChI is InChI=1S/C40H29N5O2/c1-26-18-28(36-8-3-5-14-41-36)22-32(20-26)46-30-10-12-34-35-13-11-31(25-39(35)45(38(34)24-30)40-43-16-7-17-44-40)47-33-21-27(2)19-29(23-33)37-9-4-6-15-42-37/h3-25H,1-2H3. The van der Waals surface area contributed by atoms with Crippen LogP contribution in [-0.2, 0) is 0 Å². The minimum atomic E-state index is 0.558. The molecule has 0 saturated carbocycles. The summed E-state index contributed by atoms with van der Waals surface area (Å²) in [4.78, 5) is 18.3. The minimum Gasteiger partial charge on any atom is -0.457 e. The summed E-state index contributed by atoms with van der Waals surface area (Å²) in [6.45, 7) is 4.12. The maximum atomic E-state index is 6.47. The molecule has 7 nitrogen and oxygen atoms in total. The third-order valence-electron chi connectivity index (χ3n) is 7.96. The van der Waals surface area contributed by atoms with Crippen LogP contribution >= 0.6 is 0 Å². The molecule has 8 rings (SSSR count). The molecule has 0 amide bonds. The molecule has 0 aliphatic heterocycles. The van der Waals surface area contributed by atoms with Gasteiger partial charge in [0.25, 0.3) is 0 Å². The molecule has 4 aromatic carbocycles. The number of hydrogen-bond donors (Lipinski definition) is 0. The van der Waals surface area contributed by atoms with Crippen molar-refractivity contribution in [3.63, 3.8) is 0 Å². The van der Waals surface area contributed by atoms with Gasteiger partial charge >= 0.3 is 0 Å². The van der Waals surface area contributed by atoms with Crippen molar-refractivity contribution in [3.8, 4) is 51.5 Å². The first kappa shape index (κ1) is 28.2. The van der Waals surface area contributed by atoms with Crippen molar-refractivity contribution in [3.05, 3.63) is 151 Å². The van der Waals surface area contributed by atoms with Crippen molar-refractivity contribution in [1.29, 1.82) is 0 Å². The monoisotopic (exact) mass is 611 g/mol. The van der Waals surface area contributed by atoms with Crippen LogP contribution in [0, 0.1) is 13.8 Å². The molecule has 0 spiro atoms. The second-order valence-corrected chi connectivity index (χ2v) is 11.4. The van der Waals surface area contributed by atoms with Gasteiger partial charge in [0.15, 0.2) is 0 Å². The van der Waals surface area contributed by atoms with E-state index >= 15 is 0 Å². The smallest absolute Gasteiger partial charge is 0.234 e. The van der Waals surface area contributed by atoms with E-state index in [-0.39, 0.29) is 0 Å². The fraction of sp³-hybridized carbons (Fsp3) is 0.0500. The van der Waals surface area contributed by atoms with E-state index in [0.29, 0.717) is 17.4 Å². The van der Waals surface area contributed by atoms with E-state index in [4.69, 9.17) is 9.47 Å². The van der Waals surface area contributed by atoms with E-state index in [9.17, 15) is 0 Å². The largest absolute Gasteiger partial charge is 0.457 e. The molecule has 226 valence electrons. The van der Waals surface area contributed by atoms with Crippen LogP contribution in [0.25, 0.3) is 50.3 Å². The molecule has 8 aromatic rings. The first-order valence-corrected chi connectivity index (χ1v) is 15.3. The summed E-state index contributed by atoms with van der Waals surface area (Å²) in [5, 5.41) is 2.11. The average molecular weight is 612 g/mol. The number of aryl methyl sites for hydroxylation is 2. The lowest BCUT2D eigenvalue weighted by Gasteiger charge is -2.11. The fourth-order valence-electron chi connectivity index (χ4n) is 5.98. The second-order valence-electron chi connectivity index (χ2n) is 11.4. The molecule has 4 aromatic heterocycles. The Balaban J connectivity index is 1.20. The maximum absolute atomic E-state index is 6.47. The Morgan fingerprint density at radius 3 is 1.40 bits per heavy atom. The molecule has 0 N–H and O–H groups in total. The predicted molar refractivity (Wildman–Crippen MR) is 185 cm³/mol. The van der Waals surface area contributed by atoms with Crippen LogP contribution in [-0.4, -0.2) is 24.5 Å². The highest BCUT2D eigenvalue weighted by Gasteiger charge is 2.17. The highest BCUT2D eigenvalue weighted by molar-refractivity contribution is 6.09. The summed E-state index contributed by atoms with van der Waals surface area (Å²) >= 11 is 0. The lowest BCUT2D eigenvalue weighted by atomic mass is 10.1. The second kappa shape index (κ2) is 11.9. The summed E-state index contributed by atoms with van der Waals surface area (Å²) < 4.78 is 15.0. The van der Waals surface area contributed by atoms with Crippen molar-refractivity contribution in [2.24, 2.45) is 0 Å². The van der Waals surface area contributed by atoms with Gasteiger partial charge in [0.2, 0.25) is 5.95 Å². The molecule has 0 unspecified atom stereocenters. The summed E-state index contributed by atoms with van der Waals surface area (Å²) in [5.74, 6) is 3.44. The van der Waals surface area contributed by atoms with E-state index in [1.54, 1.807) is 24.8 Å². The molecule has 47 heavy (non-hydrogen) atoms. The van der Waals surface area contributed by atoms with Crippen molar-refractivity contribution in [1.82, 2.24) is 24.5 Å². The summed E-state index contributed by atoms with van der Waals surface area (Å²) in [5.41, 5.74) is 7.82. The lowest BCUT2D eigenvalue weighted by Crippen LogP contribution is -2.00. The zero-order valence-corrected chi connectivity index (χ0v) is 25.8. The molecule has 4 heterocycles. The van der Waals surface area contributed by atoms with E-state index in [1.807, 2.05) is 91.0 Å². The number of aromatic nitrogens is 5. The zero-order valence-electron chi connectivity index (χ0n) is 25.8. The number of ether oxygens (including phenoxy) is 2. The van der Waals surface area contributed by atoms with E-state index in [1.165, 1.54) is 0 Å². The number of hydrogen-bond acceptors (Lipinski definition) is 6. The fourth-order valence-corrected chi connectivity index (χ4v) is 5.98. The van der Waals surface area contributed by atoms with Gasteiger partial charge in [0.1, 0.15) is 23.0 Å². The van der Waals surface area contributed by atoms with Crippen LogP contribution in [0.15, 0.2) is 140 Å².